The van der Waals surface area contributed by atoms with Crippen LogP contribution in [0.5, 0.6) is 5.75 Å². The van der Waals surface area contributed by atoms with Crippen LogP contribution >= 0.6 is 0 Å². The number of halogens is 3. The Morgan fingerprint density at radius 3 is 2.65 bits per heavy atom. The Morgan fingerprint density at radius 2 is 1.97 bits per heavy atom. The van der Waals surface area contributed by atoms with Gasteiger partial charge in [-0.05, 0) is 30.7 Å². The van der Waals surface area contributed by atoms with Crippen molar-refractivity contribution in [3.8, 4) is 17.1 Å². The quantitative estimate of drug-likeness (QED) is 0.131. The van der Waals surface area contributed by atoms with Gasteiger partial charge in [0.2, 0.25) is 12.3 Å². The van der Waals surface area contributed by atoms with Crippen LogP contribution in [-0.2, 0) is 9.59 Å². The van der Waals surface area contributed by atoms with E-state index in [-0.39, 0.29) is 36.7 Å². The molecule has 12 heteroatoms. The molecule has 0 unspecified atom stereocenters. The molecule has 186 valence electrons. The average molecular weight is 485 g/mol. The van der Waals surface area contributed by atoms with Gasteiger partial charge in [-0.1, -0.05) is 38.3 Å². The average Bonchev–Trinajstić information content (AvgIpc) is 3.28. The fraction of sp³-hybridized carbons (Fsp3) is 0.409. The Hall–Kier alpha value is -3.54. The number of nitrogens with one attached hydrogen (secondary N) is 2. The lowest BCUT2D eigenvalue weighted by Gasteiger charge is -2.19. The highest BCUT2D eigenvalue weighted by Crippen LogP contribution is 2.29. The lowest BCUT2D eigenvalue weighted by Crippen LogP contribution is -2.42. The molecular formula is C22H26F3N3O6. The number of carbonyl (C=O) groups excluding carboxylic acids is 3. The van der Waals surface area contributed by atoms with Crippen molar-refractivity contribution in [2.75, 3.05) is 13.2 Å². The van der Waals surface area contributed by atoms with Crippen LogP contribution in [0.1, 0.15) is 43.2 Å². The van der Waals surface area contributed by atoms with E-state index in [9.17, 15) is 32.8 Å². The summed E-state index contributed by atoms with van der Waals surface area (Å²) in [4.78, 5) is 35.4. The molecule has 3 amide bonds. The molecule has 0 aliphatic rings. The summed E-state index contributed by atoms with van der Waals surface area (Å²) in [5, 5.41) is 14.8. The van der Waals surface area contributed by atoms with Gasteiger partial charge in [-0.2, -0.15) is 0 Å². The van der Waals surface area contributed by atoms with Gasteiger partial charge in [0, 0.05) is 5.56 Å². The van der Waals surface area contributed by atoms with Crippen molar-refractivity contribution in [2.45, 2.75) is 39.0 Å². The minimum atomic E-state index is -4.84. The van der Waals surface area contributed by atoms with Gasteiger partial charge in [0.15, 0.2) is 5.76 Å². The molecule has 9 nitrogen and oxygen atoms in total. The number of hydrogen-bond acceptors (Lipinski definition) is 6. The summed E-state index contributed by atoms with van der Waals surface area (Å²) >= 11 is 0. The predicted molar refractivity (Wildman–Crippen MR) is 113 cm³/mol. The number of rotatable bonds is 13. The topological polar surface area (TPSA) is 121 Å². The fourth-order valence-electron chi connectivity index (χ4n) is 3.12. The molecule has 3 N–H and O–H groups in total. The van der Waals surface area contributed by atoms with Gasteiger partial charge in [-0.25, -0.2) is 5.06 Å². The van der Waals surface area contributed by atoms with Gasteiger partial charge in [-0.3, -0.25) is 19.6 Å². The lowest BCUT2D eigenvalue weighted by molar-refractivity contribution is -0.274. The number of nitrogens with zero attached hydrogens (tertiary/aromatic N) is 1. The predicted octanol–water partition coefficient (Wildman–Crippen LogP) is 3.69. The third-order valence-corrected chi connectivity index (χ3v) is 4.75. The van der Waals surface area contributed by atoms with Crippen LogP contribution in [0.25, 0.3) is 11.3 Å². The molecule has 0 saturated carbocycles. The van der Waals surface area contributed by atoms with E-state index in [0.717, 1.165) is 31.4 Å². The molecule has 0 aliphatic carbocycles. The SMILES string of the molecule is CCCCC[C@H](CN(O)C=O)C(=O)NCNC(=O)c1ccc(-c2cccc(OC(F)(F)F)c2)o1. The first-order valence-electron chi connectivity index (χ1n) is 10.6. The van der Waals surface area contributed by atoms with Crippen LogP contribution in [0.2, 0.25) is 0 Å². The van der Waals surface area contributed by atoms with E-state index in [0.29, 0.717) is 11.5 Å². The Labute approximate surface area is 193 Å². The molecule has 1 atom stereocenters. The monoisotopic (exact) mass is 485 g/mol. The zero-order valence-corrected chi connectivity index (χ0v) is 18.4. The van der Waals surface area contributed by atoms with Gasteiger partial charge in [0.05, 0.1) is 19.1 Å². The maximum absolute atomic E-state index is 12.4. The summed E-state index contributed by atoms with van der Waals surface area (Å²) in [6.45, 7) is 1.59. The molecule has 0 fully saturated rings. The van der Waals surface area contributed by atoms with Gasteiger partial charge >= 0.3 is 6.36 Å². The summed E-state index contributed by atoms with van der Waals surface area (Å²) in [6, 6.07) is 7.85. The second-order valence-electron chi connectivity index (χ2n) is 7.38. The molecule has 0 spiro atoms. The fourth-order valence-corrected chi connectivity index (χ4v) is 3.12. The summed E-state index contributed by atoms with van der Waals surface area (Å²) in [5.41, 5.74) is 0.271. The maximum atomic E-state index is 12.4. The second-order valence-corrected chi connectivity index (χ2v) is 7.38. The first kappa shape index (κ1) is 26.7. The van der Waals surface area contributed by atoms with Gasteiger partial charge < -0.3 is 19.8 Å². The Balaban J connectivity index is 1.92. The molecule has 34 heavy (non-hydrogen) atoms. The zero-order chi connectivity index (χ0) is 25.1. The Bertz CT molecular complexity index is 963. The van der Waals surface area contributed by atoms with Crippen molar-refractivity contribution in [1.29, 1.82) is 0 Å². The third kappa shape index (κ3) is 8.77. The highest BCUT2D eigenvalue weighted by Gasteiger charge is 2.31. The van der Waals surface area contributed by atoms with Crippen LogP contribution in [0.15, 0.2) is 40.8 Å². The van der Waals surface area contributed by atoms with Crippen LogP contribution in [0, 0.1) is 5.92 Å². The van der Waals surface area contributed by atoms with Gasteiger partial charge in [0.25, 0.3) is 5.91 Å². The molecule has 0 bridgehead atoms. The van der Waals surface area contributed by atoms with Crippen LogP contribution in [0.3, 0.4) is 0 Å². The largest absolute Gasteiger partial charge is 0.573 e. The summed E-state index contributed by atoms with van der Waals surface area (Å²) in [5.74, 6) is -2.16. The normalized spacial score (nSPS) is 12.0. The first-order valence-corrected chi connectivity index (χ1v) is 10.6. The number of hydroxylamine groups is 2. The van der Waals surface area contributed by atoms with Gasteiger partial charge in [-0.15, -0.1) is 13.2 Å². The summed E-state index contributed by atoms with van der Waals surface area (Å²) in [7, 11) is 0. The van der Waals surface area contributed by atoms with Crippen LogP contribution < -0.4 is 15.4 Å². The zero-order valence-electron chi connectivity index (χ0n) is 18.4. The second kappa shape index (κ2) is 12.6. The molecular weight excluding hydrogens is 459 g/mol. The van der Waals surface area contributed by atoms with Crippen molar-refractivity contribution < 1.29 is 41.9 Å². The third-order valence-electron chi connectivity index (χ3n) is 4.75. The van der Waals surface area contributed by atoms with E-state index in [1.807, 2.05) is 6.92 Å². The Morgan fingerprint density at radius 1 is 1.21 bits per heavy atom. The summed E-state index contributed by atoms with van der Waals surface area (Å²) in [6.07, 6.45) is -1.61. The number of alkyl halides is 3. The minimum Gasteiger partial charge on any atom is -0.451 e. The molecule has 2 rings (SSSR count). The van der Waals surface area contributed by atoms with Crippen molar-refractivity contribution in [1.82, 2.24) is 15.7 Å². The lowest BCUT2D eigenvalue weighted by atomic mass is 10.0. The number of benzene rings is 1. The number of furan rings is 1. The standard InChI is InChI=1S/C22H26F3N3O6/c1-2-3-4-6-16(12-28(32)14-29)20(30)26-13-27-21(31)19-10-9-18(33-19)15-7-5-8-17(11-15)34-22(23,24)25/h5,7-11,14,16,32H,2-4,6,12-13H2,1H3,(H,26,30)(H,27,31)/t16-/m1/s1. The van der Waals surface area contributed by atoms with E-state index in [1.54, 1.807) is 0 Å². The van der Waals surface area contributed by atoms with E-state index >= 15 is 0 Å². The van der Waals surface area contributed by atoms with E-state index in [4.69, 9.17) is 4.42 Å². The molecule has 0 aliphatic heterocycles. The molecule has 2 aromatic rings. The van der Waals surface area contributed by atoms with Crippen molar-refractivity contribution in [3.63, 3.8) is 0 Å². The highest BCUT2D eigenvalue weighted by atomic mass is 19.4. The highest BCUT2D eigenvalue weighted by molar-refractivity contribution is 5.92. The number of ether oxygens (including phenoxy) is 1. The number of unbranched alkanes of at least 4 members (excludes halogenated alkanes) is 2. The molecule has 1 aromatic heterocycles. The van der Waals surface area contributed by atoms with Crippen LogP contribution in [0.4, 0.5) is 13.2 Å². The smallest absolute Gasteiger partial charge is 0.451 e. The summed E-state index contributed by atoms with van der Waals surface area (Å²) < 4.78 is 46.5. The molecule has 0 saturated heterocycles. The number of hydrogen-bond donors (Lipinski definition) is 3. The molecule has 1 aromatic carbocycles. The Kier molecular flexibility index (Phi) is 9.92. The molecule has 0 radical (unpaired) electrons. The van der Waals surface area contributed by atoms with E-state index in [2.05, 4.69) is 15.4 Å². The van der Waals surface area contributed by atoms with E-state index < -0.39 is 29.8 Å². The van der Waals surface area contributed by atoms with Crippen LogP contribution in [-0.4, -0.2) is 48.1 Å². The van der Waals surface area contributed by atoms with Crippen molar-refractivity contribution in [2.24, 2.45) is 5.92 Å². The number of amides is 3. The number of carbonyl (C=O) groups is 3. The van der Waals surface area contributed by atoms with Crippen molar-refractivity contribution in [3.05, 3.63) is 42.2 Å². The first-order chi connectivity index (χ1) is 16.1. The molecule has 1 heterocycles. The van der Waals surface area contributed by atoms with Crippen molar-refractivity contribution >= 4 is 18.2 Å². The van der Waals surface area contributed by atoms with E-state index in [1.165, 1.54) is 24.3 Å². The maximum Gasteiger partial charge on any atom is 0.573 e. The minimum absolute atomic E-state index is 0.117. The van der Waals surface area contributed by atoms with Gasteiger partial charge in [0.1, 0.15) is 11.5 Å².